The van der Waals surface area contributed by atoms with Crippen LogP contribution < -0.4 is 0 Å². The van der Waals surface area contributed by atoms with Crippen molar-refractivity contribution in [3.05, 3.63) is 91.0 Å². The van der Waals surface area contributed by atoms with Crippen molar-refractivity contribution in [3.8, 4) is 0 Å². The number of nitro benzene ring substituents is 2. The molecule has 0 spiro atoms. The zero-order valence-electron chi connectivity index (χ0n) is 16.3. The highest BCUT2D eigenvalue weighted by atomic mass is 32.2. The lowest BCUT2D eigenvalue weighted by Gasteiger charge is -2.25. The molecule has 3 aromatic rings. The maximum Gasteiger partial charge on any atom is 0.277 e. The molecule has 2 aliphatic rings. The number of amides is 1. The topological polar surface area (TPSA) is 107 Å². The molecule has 0 radical (unpaired) electrons. The summed E-state index contributed by atoms with van der Waals surface area (Å²) in [6.45, 7) is 0.466. The molecule has 0 N–H and O–H groups in total. The fraction of sp³-hybridized carbons (Fsp3) is 0.227. The van der Waals surface area contributed by atoms with Gasteiger partial charge < -0.3 is 4.90 Å². The summed E-state index contributed by atoms with van der Waals surface area (Å²) >= 11 is 1.63. The summed E-state index contributed by atoms with van der Waals surface area (Å²) in [5.74, 6) is 0.279. The number of carbonyl (C=O) groups excluding carboxylic acids is 1. The van der Waals surface area contributed by atoms with Gasteiger partial charge in [-0.05, 0) is 40.3 Å². The average Bonchev–Trinajstić information content (AvgIpc) is 3.42. The third-order valence-corrected chi connectivity index (χ3v) is 7.14. The van der Waals surface area contributed by atoms with Crippen LogP contribution in [0.5, 0.6) is 0 Å². The molecule has 0 bridgehead atoms. The smallest absolute Gasteiger partial charge is 0.277 e. The second kappa shape index (κ2) is 7.35. The molecule has 0 unspecified atom stereocenters. The Labute approximate surface area is 181 Å². The highest BCUT2D eigenvalue weighted by Crippen LogP contribution is 2.44. The Balaban J connectivity index is 1.57. The number of benzene rings is 3. The van der Waals surface area contributed by atoms with E-state index < -0.39 is 27.1 Å². The first kappa shape index (κ1) is 19.5. The van der Waals surface area contributed by atoms with Crippen LogP contribution in [0.2, 0.25) is 0 Å². The summed E-state index contributed by atoms with van der Waals surface area (Å²) in [6, 6.07) is 13.5. The van der Waals surface area contributed by atoms with Crippen LogP contribution in [0.25, 0.3) is 10.8 Å². The van der Waals surface area contributed by atoms with Gasteiger partial charge in [0, 0.05) is 24.4 Å². The number of aryl methyl sites for hydroxylation is 2. The first-order valence-corrected chi connectivity index (χ1v) is 10.9. The summed E-state index contributed by atoms with van der Waals surface area (Å²) < 4.78 is 0. The van der Waals surface area contributed by atoms with E-state index in [0.29, 0.717) is 6.54 Å². The van der Waals surface area contributed by atoms with Crippen molar-refractivity contribution in [3.63, 3.8) is 0 Å². The molecule has 1 fully saturated rings. The normalized spacial score (nSPS) is 17.3. The molecule has 1 aliphatic heterocycles. The SMILES string of the molecule is O=C(c1cc([N+](=O)[O-])cc([N+](=O)[O-])c1)N1CCS[C@H]1c1ccc2c3c(cccc13)CC2. The molecule has 1 aliphatic carbocycles. The minimum absolute atomic E-state index is 0.0423. The Morgan fingerprint density at radius 2 is 1.65 bits per heavy atom. The van der Waals surface area contributed by atoms with E-state index in [0.717, 1.165) is 47.7 Å². The average molecular weight is 435 g/mol. The van der Waals surface area contributed by atoms with E-state index in [2.05, 4.69) is 24.3 Å². The number of non-ortho nitro benzene ring substituents is 2. The molecule has 31 heavy (non-hydrogen) atoms. The van der Waals surface area contributed by atoms with Gasteiger partial charge in [-0.3, -0.25) is 25.0 Å². The molecule has 156 valence electrons. The van der Waals surface area contributed by atoms with Crippen molar-refractivity contribution in [1.29, 1.82) is 0 Å². The van der Waals surface area contributed by atoms with Gasteiger partial charge in [-0.25, -0.2) is 0 Å². The Morgan fingerprint density at radius 3 is 2.32 bits per heavy atom. The van der Waals surface area contributed by atoms with Gasteiger partial charge in [0.25, 0.3) is 17.3 Å². The molecule has 3 aromatic carbocycles. The first-order chi connectivity index (χ1) is 14.9. The molecular weight excluding hydrogens is 418 g/mol. The first-order valence-electron chi connectivity index (χ1n) is 9.84. The molecule has 1 amide bonds. The molecule has 9 heteroatoms. The fourth-order valence-corrected chi connectivity index (χ4v) is 5.81. The number of hydrogen-bond acceptors (Lipinski definition) is 6. The number of thioether (sulfide) groups is 1. The fourth-order valence-electron chi connectivity index (χ4n) is 4.52. The van der Waals surface area contributed by atoms with E-state index in [4.69, 9.17) is 0 Å². The van der Waals surface area contributed by atoms with Crippen molar-refractivity contribution in [2.45, 2.75) is 18.2 Å². The molecule has 1 saturated heterocycles. The largest absolute Gasteiger partial charge is 0.322 e. The van der Waals surface area contributed by atoms with Gasteiger partial charge in [0.2, 0.25) is 0 Å². The van der Waals surface area contributed by atoms with E-state index in [1.54, 1.807) is 16.7 Å². The zero-order valence-corrected chi connectivity index (χ0v) is 17.1. The molecule has 1 atom stereocenters. The third kappa shape index (κ3) is 3.21. The number of nitrogens with zero attached hydrogens (tertiary/aromatic N) is 3. The molecule has 5 rings (SSSR count). The van der Waals surface area contributed by atoms with Crippen molar-refractivity contribution in [2.75, 3.05) is 12.3 Å². The minimum Gasteiger partial charge on any atom is -0.322 e. The summed E-state index contributed by atoms with van der Waals surface area (Å²) in [5, 5.41) is 24.6. The van der Waals surface area contributed by atoms with Gasteiger partial charge in [0.1, 0.15) is 5.37 Å². The van der Waals surface area contributed by atoms with Crippen LogP contribution in [-0.2, 0) is 12.8 Å². The lowest BCUT2D eigenvalue weighted by molar-refractivity contribution is -0.394. The summed E-state index contributed by atoms with van der Waals surface area (Å²) in [7, 11) is 0. The highest BCUT2D eigenvalue weighted by molar-refractivity contribution is 7.99. The molecule has 1 heterocycles. The van der Waals surface area contributed by atoms with E-state index >= 15 is 0 Å². The van der Waals surface area contributed by atoms with Crippen LogP contribution in [0, 0.1) is 20.2 Å². The van der Waals surface area contributed by atoms with E-state index in [9.17, 15) is 25.0 Å². The zero-order chi connectivity index (χ0) is 21.7. The van der Waals surface area contributed by atoms with E-state index in [1.807, 2.05) is 6.07 Å². The van der Waals surface area contributed by atoms with Crippen LogP contribution in [0.3, 0.4) is 0 Å². The minimum atomic E-state index is -0.719. The maximum absolute atomic E-state index is 13.3. The third-order valence-electron chi connectivity index (χ3n) is 5.90. The Morgan fingerprint density at radius 1 is 0.968 bits per heavy atom. The van der Waals surface area contributed by atoms with E-state index in [-0.39, 0.29) is 10.9 Å². The lowest BCUT2D eigenvalue weighted by atomic mass is 9.99. The highest BCUT2D eigenvalue weighted by Gasteiger charge is 2.34. The van der Waals surface area contributed by atoms with Crippen LogP contribution in [0.1, 0.15) is 32.4 Å². The van der Waals surface area contributed by atoms with Crippen molar-refractivity contribution < 1.29 is 14.6 Å². The number of hydrogen-bond donors (Lipinski definition) is 0. The second-order valence-electron chi connectivity index (χ2n) is 7.63. The summed E-state index contributed by atoms with van der Waals surface area (Å²) in [5.41, 5.74) is 2.67. The van der Waals surface area contributed by atoms with Gasteiger partial charge in [0.05, 0.1) is 21.5 Å². The Kier molecular flexibility index (Phi) is 4.62. The number of carbonyl (C=O) groups is 1. The van der Waals surface area contributed by atoms with Gasteiger partial charge in [-0.15, -0.1) is 11.8 Å². The monoisotopic (exact) mass is 435 g/mol. The van der Waals surface area contributed by atoms with Gasteiger partial charge in [-0.1, -0.05) is 30.3 Å². The molecule has 0 aromatic heterocycles. The van der Waals surface area contributed by atoms with E-state index in [1.165, 1.54) is 16.5 Å². The van der Waals surface area contributed by atoms with Crippen LogP contribution in [0.4, 0.5) is 11.4 Å². The summed E-state index contributed by atoms with van der Waals surface area (Å²) in [4.78, 5) is 36.0. The molecule has 0 saturated carbocycles. The van der Waals surface area contributed by atoms with Crippen molar-refractivity contribution >= 4 is 39.8 Å². The van der Waals surface area contributed by atoms with Gasteiger partial charge in [-0.2, -0.15) is 0 Å². The predicted molar refractivity (Wildman–Crippen MR) is 117 cm³/mol. The standard InChI is InChI=1S/C22H17N3O5S/c26-21(15-10-16(24(27)28)12-17(11-15)25(29)30)23-8-9-31-22(23)19-7-6-14-5-4-13-2-1-3-18(19)20(13)14/h1-3,6-7,10-12,22H,4-5,8-9H2/t22-/m0/s1. The Hall–Kier alpha value is -3.46. The number of rotatable bonds is 4. The van der Waals surface area contributed by atoms with Gasteiger partial charge in [0.15, 0.2) is 0 Å². The Bertz CT molecular complexity index is 1230. The summed E-state index contributed by atoms with van der Waals surface area (Å²) in [6.07, 6.45) is 2.02. The molecular formula is C22H17N3O5S. The quantitative estimate of drug-likeness (QED) is 0.436. The van der Waals surface area contributed by atoms with Crippen molar-refractivity contribution in [1.82, 2.24) is 4.90 Å². The van der Waals surface area contributed by atoms with Gasteiger partial charge >= 0.3 is 0 Å². The van der Waals surface area contributed by atoms with Crippen molar-refractivity contribution in [2.24, 2.45) is 0 Å². The lowest BCUT2D eigenvalue weighted by Crippen LogP contribution is -2.30. The maximum atomic E-state index is 13.3. The van der Waals surface area contributed by atoms with Crippen LogP contribution in [0.15, 0.2) is 48.5 Å². The van der Waals surface area contributed by atoms with Crippen LogP contribution in [-0.4, -0.2) is 33.0 Å². The second-order valence-corrected chi connectivity index (χ2v) is 8.82. The predicted octanol–water partition coefficient (Wildman–Crippen LogP) is 4.64. The van der Waals surface area contributed by atoms with Crippen LogP contribution >= 0.6 is 11.8 Å². The number of nitro groups is 2. The molecule has 8 nitrogen and oxygen atoms in total.